The van der Waals surface area contributed by atoms with E-state index in [4.69, 9.17) is 5.11 Å². The lowest BCUT2D eigenvalue weighted by atomic mass is 10.5. The Bertz CT molecular complexity index is 151. The number of aliphatic hydroxyl groups excluding tert-OH is 1. The quantitative estimate of drug-likeness (QED) is 0.554. The van der Waals surface area contributed by atoms with Crippen LogP contribution >= 0.6 is 0 Å². The van der Waals surface area contributed by atoms with Crippen molar-refractivity contribution in [3.8, 4) is 0 Å². The van der Waals surface area contributed by atoms with Gasteiger partial charge in [-0.25, -0.2) is 4.79 Å². The fourth-order valence-electron chi connectivity index (χ4n) is 0.968. The summed E-state index contributed by atoms with van der Waals surface area (Å²) in [6.45, 7) is 3.75. The molecular formula is C6H13N3O2. The molecule has 64 valence electrons. The van der Waals surface area contributed by atoms with Crippen molar-refractivity contribution < 1.29 is 9.90 Å². The number of hydrogen-bond acceptors (Lipinski definition) is 3. The van der Waals surface area contributed by atoms with Crippen molar-refractivity contribution in [2.75, 3.05) is 26.6 Å². The van der Waals surface area contributed by atoms with Crippen molar-refractivity contribution in [3.05, 3.63) is 0 Å². The van der Waals surface area contributed by atoms with Gasteiger partial charge in [-0.3, -0.25) is 9.80 Å². The molecule has 11 heavy (non-hydrogen) atoms. The third-order valence-corrected chi connectivity index (χ3v) is 1.73. The Kier molecular flexibility index (Phi) is 2.67. The first-order valence-corrected chi connectivity index (χ1v) is 3.64. The fourth-order valence-corrected chi connectivity index (χ4v) is 0.968. The Balaban J connectivity index is 2.44. The van der Waals surface area contributed by atoms with E-state index < -0.39 is 0 Å². The molecule has 0 aromatic heterocycles. The van der Waals surface area contributed by atoms with Gasteiger partial charge in [0.25, 0.3) is 0 Å². The lowest BCUT2D eigenvalue weighted by Gasteiger charge is -2.33. The summed E-state index contributed by atoms with van der Waals surface area (Å²) in [5.74, 6) is 0. The molecule has 1 saturated heterocycles. The second kappa shape index (κ2) is 3.54. The average Bonchev–Trinajstić information content (AvgIpc) is 2.05. The molecule has 0 saturated carbocycles. The topological polar surface area (TPSA) is 55.8 Å². The second-order valence-electron chi connectivity index (χ2n) is 2.45. The minimum absolute atomic E-state index is 0.197. The van der Waals surface area contributed by atoms with Gasteiger partial charge in [-0.2, -0.15) is 0 Å². The molecule has 1 aliphatic rings. The van der Waals surface area contributed by atoms with E-state index in [1.807, 2.05) is 11.8 Å². The molecule has 2 amide bonds. The lowest BCUT2D eigenvalue weighted by Crippen LogP contribution is -2.56. The zero-order chi connectivity index (χ0) is 8.27. The van der Waals surface area contributed by atoms with Gasteiger partial charge in [0.2, 0.25) is 0 Å². The molecule has 1 rings (SSSR count). The van der Waals surface area contributed by atoms with Gasteiger partial charge in [0.1, 0.15) is 6.73 Å². The summed E-state index contributed by atoms with van der Waals surface area (Å²) >= 11 is 0. The molecule has 5 heteroatoms. The highest BCUT2D eigenvalue weighted by atomic mass is 16.3. The van der Waals surface area contributed by atoms with Crippen molar-refractivity contribution in [1.82, 2.24) is 15.1 Å². The number of carbonyl (C=O) groups is 1. The van der Waals surface area contributed by atoms with Crippen LogP contribution in [0.15, 0.2) is 0 Å². The van der Waals surface area contributed by atoms with E-state index in [2.05, 4.69) is 5.32 Å². The molecule has 0 spiro atoms. The van der Waals surface area contributed by atoms with Gasteiger partial charge in [0.05, 0.1) is 13.3 Å². The molecular weight excluding hydrogens is 146 g/mol. The molecule has 0 aliphatic carbocycles. The molecule has 1 heterocycles. The van der Waals surface area contributed by atoms with Gasteiger partial charge < -0.3 is 10.4 Å². The summed E-state index contributed by atoms with van der Waals surface area (Å²) in [6, 6.07) is -0.197. The van der Waals surface area contributed by atoms with Crippen LogP contribution in [0.3, 0.4) is 0 Å². The molecule has 0 radical (unpaired) electrons. The zero-order valence-electron chi connectivity index (χ0n) is 6.58. The fraction of sp³-hybridized carbons (Fsp3) is 0.833. The maximum atomic E-state index is 10.9. The molecule has 0 aromatic carbocycles. The predicted octanol–water partition coefficient (Wildman–Crippen LogP) is -0.802. The standard InChI is InChI=1S/C6H13N3O2/c1-2-8-3-7-6(11)9(4-8)5-10/h10H,2-5H2,1H3,(H,7,11). The first-order valence-electron chi connectivity index (χ1n) is 3.64. The molecule has 0 bridgehead atoms. The Hall–Kier alpha value is -0.810. The van der Waals surface area contributed by atoms with Crippen LogP contribution in [0.1, 0.15) is 6.92 Å². The van der Waals surface area contributed by atoms with Gasteiger partial charge in [-0.1, -0.05) is 6.92 Å². The van der Waals surface area contributed by atoms with Crippen LogP contribution in [0.5, 0.6) is 0 Å². The Morgan fingerprint density at radius 3 is 3.00 bits per heavy atom. The monoisotopic (exact) mass is 159 g/mol. The zero-order valence-corrected chi connectivity index (χ0v) is 6.58. The maximum Gasteiger partial charge on any atom is 0.321 e. The van der Waals surface area contributed by atoms with Gasteiger partial charge >= 0.3 is 6.03 Å². The predicted molar refractivity (Wildman–Crippen MR) is 39.6 cm³/mol. The first kappa shape index (κ1) is 8.29. The summed E-state index contributed by atoms with van der Waals surface area (Å²) in [7, 11) is 0. The summed E-state index contributed by atoms with van der Waals surface area (Å²) in [5, 5.41) is 11.4. The second-order valence-corrected chi connectivity index (χ2v) is 2.45. The molecule has 0 atom stereocenters. The summed E-state index contributed by atoms with van der Waals surface area (Å²) in [4.78, 5) is 14.3. The van der Waals surface area contributed by atoms with Crippen LogP contribution in [0.25, 0.3) is 0 Å². The first-order chi connectivity index (χ1) is 5.27. The SMILES string of the molecule is CCN1CNC(=O)N(CO)C1. The highest BCUT2D eigenvalue weighted by molar-refractivity contribution is 5.74. The smallest absolute Gasteiger partial charge is 0.321 e. The third-order valence-electron chi connectivity index (χ3n) is 1.73. The number of aliphatic hydroxyl groups is 1. The summed E-state index contributed by atoms with van der Waals surface area (Å²) in [6.07, 6.45) is 0. The Morgan fingerprint density at radius 1 is 1.73 bits per heavy atom. The van der Waals surface area contributed by atoms with Crippen LogP contribution in [-0.4, -0.2) is 47.6 Å². The van der Waals surface area contributed by atoms with Crippen LogP contribution in [0.2, 0.25) is 0 Å². The number of amides is 2. The normalized spacial score (nSPS) is 20.2. The summed E-state index contributed by atoms with van der Waals surface area (Å²) in [5.41, 5.74) is 0. The van der Waals surface area contributed by atoms with Crippen LogP contribution in [0, 0.1) is 0 Å². The highest BCUT2D eigenvalue weighted by Gasteiger charge is 2.20. The average molecular weight is 159 g/mol. The number of nitrogens with one attached hydrogen (secondary N) is 1. The van der Waals surface area contributed by atoms with E-state index in [1.165, 1.54) is 4.90 Å². The van der Waals surface area contributed by atoms with Crippen LogP contribution < -0.4 is 5.32 Å². The van der Waals surface area contributed by atoms with Crippen molar-refractivity contribution >= 4 is 6.03 Å². The van der Waals surface area contributed by atoms with Crippen molar-refractivity contribution in [2.45, 2.75) is 6.92 Å². The number of carbonyl (C=O) groups excluding carboxylic acids is 1. The lowest BCUT2D eigenvalue weighted by molar-refractivity contribution is 0.0493. The van der Waals surface area contributed by atoms with E-state index in [0.29, 0.717) is 13.3 Å². The molecule has 0 unspecified atom stereocenters. The Labute approximate surface area is 65.6 Å². The van der Waals surface area contributed by atoms with E-state index in [-0.39, 0.29) is 12.8 Å². The molecule has 0 aromatic rings. The van der Waals surface area contributed by atoms with Gasteiger partial charge in [0.15, 0.2) is 0 Å². The largest absolute Gasteiger partial charge is 0.376 e. The van der Waals surface area contributed by atoms with E-state index >= 15 is 0 Å². The van der Waals surface area contributed by atoms with E-state index in [0.717, 1.165) is 6.54 Å². The van der Waals surface area contributed by atoms with E-state index in [1.54, 1.807) is 0 Å². The molecule has 5 nitrogen and oxygen atoms in total. The van der Waals surface area contributed by atoms with Gasteiger partial charge in [0, 0.05) is 0 Å². The minimum atomic E-state index is -0.220. The van der Waals surface area contributed by atoms with Crippen LogP contribution in [-0.2, 0) is 0 Å². The maximum absolute atomic E-state index is 10.9. The number of nitrogens with zero attached hydrogens (tertiary/aromatic N) is 2. The molecule has 1 aliphatic heterocycles. The Morgan fingerprint density at radius 2 is 2.45 bits per heavy atom. The van der Waals surface area contributed by atoms with Gasteiger partial charge in [-0.05, 0) is 6.54 Å². The third kappa shape index (κ3) is 1.81. The molecule has 1 fully saturated rings. The number of hydrogen-bond donors (Lipinski definition) is 2. The number of urea groups is 1. The highest BCUT2D eigenvalue weighted by Crippen LogP contribution is 1.98. The summed E-state index contributed by atoms with van der Waals surface area (Å²) < 4.78 is 0. The van der Waals surface area contributed by atoms with Crippen LogP contribution in [0.4, 0.5) is 4.79 Å². The van der Waals surface area contributed by atoms with Crippen molar-refractivity contribution in [1.29, 1.82) is 0 Å². The van der Waals surface area contributed by atoms with Gasteiger partial charge in [-0.15, -0.1) is 0 Å². The van der Waals surface area contributed by atoms with Crippen molar-refractivity contribution in [2.24, 2.45) is 0 Å². The van der Waals surface area contributed by atoms with Crippen molar-refractivity contribution in [3.63, 3.8) is 0 Å². The van der Waals surface area contributed by atoms with E-state index in [9.17, 15) is 4.79 Å². The molecule has 2 N–H and O–H groups in total. The number of rotatable bonds is 2. The minimum Gasteiger partial charge on any atom is -0.376 e.